The molecule has 10 heteroatoms. The van der Waals surface area contributed by atoms with Crippen LogP contribution in [-0.2, 0) is 11.3 Å². The molecule has 4 aromatic rings. The lowest BCUT2D eigenvalue weighted by Gasteiger charge is -2.06. The van der Waals surface area contributed by atoms with Crippen LogP contribution in [0.2, 0.25) is 0 Å². The van der Waals surface area contributed by atoms with Gasteiger partial charge in [-0.2, -0.15) is 4.99 Å². The molecule has 0 aliphatic rings. The normalized spacial score (nSPS) is 12.0. The zero-order valence-electron chi connectivity index (χ0n) is 16.9. The molecule has 0 bridgehead atoms. The highest BCUT2D eigenvalue weighted by atomic mass is 32.1. The second kappa shape index (κ2) is 8.96. The molecule has 2 aromatic carbocycles. The first kappa shape index (κ1) is 21.2. The summed E-state index contributed by atoms with van der Waals surface area (Å²) in [6, 6.07) is 11.9. The first-order valence-corrected chi connectivity index (χ1v) is 11.2. The van der Waals surface area contributed by atoms with Gasteiger partial charge in [0.2, 0.25) is 0 Å². The highest BCUT2D eigenvalue weighted by molar-refractivity contribution is 7.21. The molecule has 0 unspecified atom stereocenters. The maximum Gasteiger partial charge on any atom is 0.289 e. The number of hydrogen-bond acceptors (Lipinski definition) is 7. The van der Waals surface area contributed by atoms with Gasteiger partial charge in [0.25, 0.3) is 11.6 Å². The van der Waals surface area contributed by atoms with Crippen molar-refractivity contribution in [1.29, 1.82) is 0 Å². The van der Waals surface area contributed by atoms with Crippen molar-refractivity contribution in [3.05, 3.63) is 62.3 Å². The molecule has 0 saturated carbocycles. The second-order valence-electron chi connectivity index (χ2n) is 6.57. The quantitative estimate of drug-likeness (QED) is 0.229. The zero-order valence-corrected chi connectivity index (χ0v) is 18.5. The predicted octanol–water partition coefficient (Wildman–Crippen LogP) is 4.61. The summed E-state index contributed by atoms with van der Waals surface area (Å²) in [6.45, 7) is 3.60. The summed E-state index contributed by atoms with van der Waals surface area (Å²) in [5.41, 5.74) is 0.942. The molecular weight excluding hydrogens is 438 g/mol. The largest absolute Gasteiger partial charge is 0.497 e. The molecule has 2 aromatic heterocycles. The van der Waals surface area contributed by atoms with Gasteiger partial charge in [-0.15, -0.1) is 11.3 Å². The predicted molar refractivity (Wildman–Crippen MR) is 121 cm³/mol. The number of thiophene rings is 1. The van der Waals surface area contributed by atoms with E-state index in [1.54, 1.807) is 19.2 Å². The molecule has 0 radical (unpaired) electrons. The molecule has 2 heterocycles. The topological polar surface area (TPSA) is 96.0 Å². The average molecular weight is 458 g/mol. The lowest BCUT2D eigenvalue weighted by molar-refractivity contribution is -0.384. The van der Waals surface area contributed by atoms with Gasteiger partial charge >= 0.3 is 0 Å². The summed E-state index contributed by atoms with van der Waals surface area (Å²) in [4.78, 5) is 28.9. The number of benzene rings is 2. The number of nitrogens with zero attached hydrogens (tertiary/aromatic N) is 3. The Balaban J connectivity index is 1.76. The van der Waals surface area contributed by atoms with Crippen LogP contribution in [0.1, 0.15) is 16.6 Å². The van der Waals surface area contributed by atoms with Crippen LogP contribution >= 0.6 is 22.7 Å². The lowest BCUT2D eigenvalue weighted by Crippen LogP contribution is -2.19. The third-order valence-corrected chi connectivity index (χ3v) is 6.82. The number of thiazole rings is 1. The van der Waals surface area contributed by atoms with Crippen LogP contribution in [-0.4, -0.2) is 35.7 Å². The summed E-state index contributed by atoms with van der Waals surface area (Å²) in [5, 5.41) is 11.7. The van der Waals surface area contributed by atoms with E-state index in [1.165, 1.54) is 34.8 Å². The van der Waals surface area contributed by atoms with Crippen LogP contribution in [0, 0.1) is 10.1 Å². The van der Waals surface area contributed by atoms with Crippen molar-refractivity contribution in [2.75, 3.05) is 20.3 Å². The van der Waals surface area contributed by atoms with Crippen molar-refractivity contribution < 1.29 is 19.2 Å². The van der Waals surface area contributed by atoms with Crippen molar-refractivity contribution in [2.24, 2.45) is 4.99 Å². The molecule has 0 N–H and O–H groups in total. The number of nitro benzene ring substituents is 1. The number of aromatic nitrogens is 1. The zero-order chi connectivity index (χ0) is 22.0. The van der Waals surface area contributed by atoms with Crippen LogP contribution in [0.5, 0.6) is 5.75 Å². The Morgan fingerprint density at radius 1 is 1.16 bits per heavy atom. The smallest absolute Gasteiger partial charge is 0.289 e. The third kappa shape index (κ3) is 4.36. The van der Waals surface area contributed by atoms with Gasteiger partial charge in [-0.3, -0.25) is 14.9 Å². The second-order valence-corrected chi connectivity index (χ2v) is 8.67. The monoisotopic (exact) mass is 457 g/mol. The standard InChI is InChI=1S/C21H19N3O5S2/c1-3-29-9-8-23-16-6-5-15(28-2)12-18(16)31-21(23)22-20(25)19-11-13-10-14(24(26)27)4-7-17(13)30-19/h4-7,10-12H,3,8-9H2,1-2H3. The number of rotatable bonds is 7. The fraction of sp³-hybridized carbons (Fsp3) is 0.238. The van der Waals surface area contributed by atoms with E-state index in [0.29, 0.717) is 34.8 Å². The third-order valence-electron chi connectivity index (χ3n) is 4.67. The van der Waals surface area contributed by atoms with Gasteiger partial charge in [0.15, 0.2) is 4.80 Å². The summed E-state index contributed by atoms with van der Waals surface area (Å²) in [6.07, 6.45) is 0. The number of non-ortho nitro benzene ring substituents is 1. The molecule has 160 valence electrons. The van der Waals surface area contributed by atoms with E-state index in [4.69, 9.17) is 9.47 Å². The van der Waals surface area contributed by atoms with Crippen molar-refractivity contribution in [1.82, 2.24) is 4.57 Å². The first-order valence-electron chi connectivity index (χ1n) is 9.52. The SMILES string of the molecule is CCOCCn1c(=NC(=O)c2cc3cc([N+](=O)[O-])ccc3s2)sc2cc(OC)ccc21. The molecule has 1 amide bonds. The van der Waals surface area contributed by atoms with Crippen LogP contribution in [0.25, 0.3) is 20.3 Å². The minimum absolute atomic E-state index is 0.00606. The minimum atomic E-state index is -0.449. The Morgan fingerprint density at radius 3 is 2.74 bits per heavy atom. The van der Waals surface area contributed by atoms with Gasteiger partial charge in [0.1, 0.15) is 5.75 Å². The van der Waals surface area contributed by atoms with E-state index in [2.05, 4.69) is 4.99 Å². The van der Waals surface area contributed by atoms with E-state index in [9.17, 15) is 14.9 Å². The van der Waals surface area contributed by atoms with E-state index in [0.717, 1.165) is 20.7 Å². The van der Waals surface area contributed by atoms with E-state index in [-0.39, 0.29) is 11.6 Å². The number of ether oxygens (including phenoxy) is 2. The van der Waals surface area contributed by atoms with Gasteiger partial charge in [0.05, 0.1) is 33.7 Å². The number of amides is 1. The van der Waals surface area contributed by atoms with Gasteiger partial charge in [-0.05, 0) is 37.3 Å². The van der Waals surface area contributed by atoms with Gasteiger partial charge in [-0.1, -0.05) is 11.3 Å². The Kier molecular flexibility index (Phi) is 6.12. The molecular formula is C21H19N3O5S2. The molecule has 31 heavy (non-hydrogen) atoms. The fourth-order valence-corrected chi connectivity index (χ4v) is 5.18. The highest BCUT2D eigenvalue weighted by Gasteiger charge is 2.14. The van der Waals surface area contributed by atoms with Crippen molar-refractivity contribution in [3.8, 4) is 5.75 Å². The Bertz CT molecular complexity index is 1350. The minimum Gasteiger partial charge on any atom is -0.497 e. The average Bonchev–Trinajstić information content (AvgIpc) is 3.34. The van der Waals surface area contributed by atoms with Crippen molar-refractivity contribution in [3.63, 3.8) is 0 Å². The number of carbonyl (C=O) groups excluding carboxylic acids is 1. The summed E-state index contributed by atoms with van der Waals surface area (Å²) < 4.78 is 14.5. The maximum absolute atomic E-state index is 12.9. The Morgan fingerprint density at radius 2 is 2.00 bits per heavy atom. The van der Waals surface area contributed by atoms with Crippen LogP contribution in [0.3, 0.4) is 0 Å². The number of carbonyl (C=O) groups is 1. The first-order chi connectivity index (χ1) is 15.0. The molecule has 0 aliphatic carbocycles. The maximum atomic E-state index is 12.9. The van der Waals surface area contributed by atoms with Gasteiger partial charge in [0, 0.05) is 35.4 Å². The van der Waals surface area contributed by atoms with E-state index < -0.39 is 4.92 Å². The van der Waals surface area contributed by atoms with Crippen LogP contribution in [0.4, 0.5) is 5.69 Å². The summed E-state index contributed by atoms with van der Waals surface area (Å²) in [5.74, 6) is 0.349. The summed E-state index contributed by atoms with van der Waals surface area (Å²) in [7, 11) is 1.61. The molecule has 4 rings (SSSR count). The Labute approximate surface area is 185 Å². The Hall–Kier alpha value is -3.08. The molecule has 0 atom stereocenters. The molecule has 0 saturated heterocycles. The van der Waals surface area contributed by atoms with E-state index >= 15 is 0 Å². The van der Waals surface area contributed by atoms with Crippen molar-refractivity contribution in [2.45, 2.75) is 13.5 Å². The number of methoxy groups -OCH3 is 1. The summed E-state index contributed by atoms with van der Waals surface area (Å²) >= 11 is 2.67. The molecule has 0 fully saturated rings. The van der Waals surface area contributed by atoms with Gasteiger partial charge in [-0.25, -0.2) is 0 Å². The van der Waals surface area contributed by atoms with E-state index in [1.807, 2.05) is 29.7 Å². The highest BCUT2D eigenvalue weighted by Crippen LogP contribution is 2.29. The number of hydrogen-bond donors (Lipinski definition) is 0. The molecule has 0 spiro atoms. The van der Waals surface area contributed by atoms with Crippen LogP contribution < -0.4 is 9.54 Å². The molecule has 0 aliphatic heterocycles. The fourth-order valence-electron chi connectivity index (χ4n) is 3.17. The van der Waals surface area contributed by atoms with Crippen molar-refractivity contribution >= 4 is 54.6 Å². The van der Waals surface area contributed by atoms with Gasteiger partial charge < -0.3 is 14.0 Å². The van der Waals surface area contributed by atoms with Crippen LogP contribution in [0.15, 0.2) is 47.5 Å². The molecule has 8 nitrogen and oxygen atoms in total. The number of nitro groups is 1. The number of fused-ring (bicyclic) bond motifs is 2. The lowest BCUT2D eigenvalue weighted by atomic mass is 10.2.